The van der Waals surface area contributed by atoms with Crippen molar-refractivity contribution in [2.45, 2.75) is 38.9 Å². The summed E-state index contributed by atoms with van der Waals surface area (Å²) in [4.78, 5) is 34.4. The molecule has 11 heteroatoms. The Balaban J connectivity index is 1.92. The topological polar surface area (TPSA) is 113 Å². The van der Waals surface area contributed by atoms with Crippen molar-refractivity contribution in [2.24, 2.45) is 0 Å². The number of benzene rings is 2. The van der Waals surface area contributed by atoms with Gasteiger partial charge < -0.3 is 16.0 Å². The molecule has 0 aromatic heterocycles. The molecule has 0 saturated carbocycles. The molecule has 0 radical (unpaired) electrons. The number of hydrogen-bond donors (Lipinski definition) is 3. The third kappa shape index (κ3) is 7.25. The van der Waals surface area contributed by atoms with Gasteiger partial charge >= 0.3 is 6.18 Å². The Morgan fingerprint density at radius 3 is 2.19 bits per heavy atom. The highest BCUT2D eigenvalue weighted by molar-refractivity contribution is 5.96. The van der Waals surface area contributed by atoms with Crippen molar-refractivity contribution in [1.29, 1.82) is 0 Å². The molecular formula is C21H23F3N4O4. The number of nitrogens with one attached hydrogen (secondary N) is 3. The molecule has 32 heavy (non-hydrogen) atoms. The second kappa shape index (κ2) is 9.67. The smallest absolute Gasteiger partial charge is 0.379 e. The maximum atomic E-state index is 12.8. The Bertz CT molecular complexity index is 1000. The molecule has 2 amide bonds. The third-order valence-electron chi connectivity index (χ3n) is 4.11. The minimum absolute atomic E-state index is 0.0376. The first kappa shape index (κ1) is 24.6. The number of carbonyl (C=O) groups excluding carboxylic acids is 2. The SMILES string of the molecule is CC(C)(C)NC(=O)c1ccc(NC(=O)CCNc2ccc(C(F)(F)F)cc2[N+](=O)[O-])cc1. The van der Waals surface area contributed by atoms with Gasteiger partial charge in [0, 0.05) is 35.8 Å². The fraction of sp³-hybridized carbons (Fsp3) is 0.333. The molecule has 172 valence electrons. The van der Waals surface area contributed by atoms with Crippen LogP contribution < -0.4 is 16.0 Å². The molecule has 0 saturated heterocycles. The maximum absolute atomic E-state index is 12.8. The van der Waals surface area contributed by atoms with E-state index in [1.54, 1.807) is 24.3 Å². The number of hydrogen-bond acceptors (Lipinski definition) is 5. The highest BCUT2D eigenvalue weighted by Gasteiger charge is 2.33. The van der Waals surface area contributed by atoms with Gasteiger partial charge in [-0.05, 0) is 57.2 Å². The first-order valence-electron chi connectivity index (χ1n) is 9.58. The van der Waals surface area contributed by atoms with E-state index in [0.29, 0.717) is 17.3 Å². The molecule has 0 aliphatic rings. The van der Waals surface area contributed by atoms with Crippen LogP contribution in [0.2, 0.25) is 0 Å². The Morgan fingerprint density at radius 1 is 1.03 bits per heavy atom. The monoisotopic (exact) mass is 452 g/mol. The van der Waals surface area contributed by atoms with Crippen LogP contribution in [0.25, 0.3) is 0 Å². The summed E-state index contributed by atoms with van der Waals surface area (Å²) in [5.74, 6) is -0.670. The van der Waals surface area contributed by atoms with Crippen LogP contribution in [0.15, 0.2) is 42.5 Å². The highest BCUT2D eigenvalue weighted by Crippen LogP contribution is 2.34. The summed E-state index contributed by atoms with van der Waals surface area (Å²) >= 11 is 0. The summed E-state index contributed by atoms with van der Waals surface area (Å²) in [6, 6.07) is 8.36. The van der Waals surface area contributed by atoms with E-state index in [0.717, 1.165) is 12.1 Å². The number of alkyl halides is 3. The van der Waals surface area contributed by atoms with Gasteiger partial charge in [-0.1, -0.05) is 0 Å². The fourth-order valence-corrected chi connectivity index (χ4v) is 2.66. The van der Waals surface area contributed by atoms with Crippen LogP contribution in [0, 0.1) is 10.1 Å². The summed E-state index contributed by atoms with van der Waals surface area (Å²) in [6.45, 7) is 5.52. The first-order chi connectivity index (χ1) is 14.8. The molecular weight excluding hydrogens is 429 g/mol. The molecule has 8 nitrogen and oxygen atoms in total. The van der Waals surface area contributed by atoms with Crippen LogP contribution in [0.3, 0.4) is 0 Å². The summed E-state index contributed by atoms with van der Waals surface area (Å²) in [6.07, 6.45) is -4.80. The predicted octanol–water partition coefficient (Wildman–Crippen LogP) is 4.58. The zero-order chi connectivity index (χ0) is 24.1. The lowest BCUT2D eigenvalue weighted by molar-refractivity contribution is -0.384. The van der Waals surface area contributed by atoms with Crippen LogP contribution >= 0.6 is 0 Å². The minimum Gasteiger partial charge on any atom is -0.379 e. The lowest BCUT2D eigenvalue weighted by atomic mass is 10.1. The molecule has 0 spiro atoms. The Kier molecular flexibility index (Phi) is 7.44. The average Bonchev–Trinajstić information content (AvgIpc) is 2.66. The quantitative estimate of drug-likeness (QED) is 0.420. The molecule has 2 rings (SSSR count). The molecule has 3 N–H and O–H groups in total. The number of anilines is 2. The lowest BCUT2D eigenvalue weighted by Crippen LogP contribution is -2.40. The Morgan fingerprint density at radius 2 is 1.66 bits per heavy atom. The lowest BCUT2D eigenvalue weighted by Gasteiger charge is -2.20. The first-order valence-corrected chi connectivity index (χ1v) is 9.58. The van der Waals surface area contributed by atoms with Crippen molar-refractivity contribution in [2.75, 3.05) is 17.2 Å². The standard InChI is InChI=1S/C21H23F3N4O4/c1-20(2,3)27-19(30)13-4-7-15(8-5-13)26-18(29)10-11-25-16-9-6-14(21(22,23)24)12-17(16)28(31)32/h4-9,12,25H,10-11H2,1-3H3,(H,26,29)(H,27,30). The van der Waals surface area contributed by atoms with Crippen molar-refractivity contribution in [3.8, 4) is 0 Å². The van der Waals surface area contributed by atoms with Crippen molar-refractivity contribution in [1.82, 2.24) is 5.32 Å². The van der Waals surface area contributed by atoms with Gasteiger partial charge in [0.2, 0.25) is 5.91 Å². The van der Waals surface area contributed by atoms with Crippen LogP contribution in [0.4, 0.5) is 30.2 Å². The zero-order valence-electron chi connectivity index (χ0n) is 17.7. The van der Waals surface area contributed by atoms with Gasteiger partial charge in [-0.3, -0.25) is 19.7 Å². The second-order valence-electron chi connectivity index (χ2n) is 7.99. The van der Waals surface area contributed by atoms with E-state index < -0.39 is 28.3 Å². The van der Waals surface area contributed by atoms with Gasteiger partial charge in [0.15, 0.2) is 0 Å². The van der Waals surface area contributed by atoms with Gasteiger partial charge in [-0.25, -0.2) is 0 Å². The summed E-state index contributed by atoms with van der Waals surface area (Å²) in [7, 11) is 0. The molecule has 0 heterocycles. The number of amides is 2. The molecule has 2 aromatic carbocycles. The molecule has 0 fully saturated rings. The Labute approximate surface area is 182 Å². The largest absolute Gasteiger partial charge is 0.416 e. The van der Waals surface area contributed by atoms with Gasteiger partial charge in [0.1, 0.15) is 5.69 Å². The molecule has 0 atom stereocenters. The molecule has 0 aliphatic heterocycles. The summed E-state index contributed by atoms with van der Waals surface area (Å²) < 4.78 is 38.3. The van der Waals surface area contributed by atoms with E-state index in [1.165, 1.54) is 0 Å². The molecule has 2 aromatic rings. The van der Waals surface area contributed by atoms with Crippen LogP contribution in [-0.4, -0.2) is 28.8 Å². The van der Waals surface area contributed by atoms with Crippen LogP contribution in [-0.2, 0) is 11.0 Å². The number of carbonyl (C=O) groups is 2. The summed E-state index contributed by atoms with van der Waals surface area (Å²) in [5, 5.41) is 19.1. The molecule has 0 bridgehead atoms. The average molecular weight is 452 g/mol. The molecule has 0 unspecified atom stereocenters. The normalized spacial score (nSPS) is 11.6. The summed E-state index contributed by atoms with van der Waals surface area (Å²) in [5.41, 5.74) is -1.50. The number of halogens is 3. The van der Waals surface area contributed by atoms with Crippen LogP contribution in [0.1, 0.15) is 43.1 Å². The van der Waals surface area contributed by atoms with Gasteiger partial charge in [0.05, 0.1) is 10.5 Å². The second-order valence-corrected chi connectivity index (χ2v) is 7.99. The number of nitrogens with zero attached hydrogens (tertiary/aromatic N) is 1. The minimum atomic E-state index is -4.70. The highest BCUT2D eigenvalue weighted by atomic mass is 19.4. The van der Waals surface area contributed by atoms with E-state index >= 15 is 0 Å². The fourth-order valence-electron chi connectivity index (χ4n) is 2.66. The van der Waals surface area contributed by atoms with E-state index in [9.17, 15) is 32.9 Å². The zero-order valence-corrected chi connectivity index (χ0v) is 17.7. The molecule has 0 aliphatic carbocycles. The van der Waals surface area contributed by atoms with Gasteiger partial charge in [0.25, 0.3) is 11.6 Å². The third-order valence-corrected chi connectivity index (χ3v) is 4.11. The van der Waals surface area contributed by atoms with Gasteiger partial charge in [-0.15, -0.1) is 0 Å². The van der Waals surface area contributed by atoms with Crippen molar-refractivity contribution < 1.29 is 27.7 Å². The van der Waals surface area contributed by atoms with E-state index in [4.69, 9.17) is 0 Å². The van der Waals surface area contributed by atoms with Gasteiger partial charge in [-0.2, -0.15) is 13.2 Å². The van der Waals surface area contributed by atoms with Crippen molar-refractivity contribution in [3.05, 3.63) is 63.7 Å². The maximum Gasteiger partial charge on any atom is 0.416 e. The predicted molar refractivity (Wildman–Crippen MR) is 113 cm³/mol. The number of nitro groups is 1. The van der Waals surface area contributed by atoms with E-state index in [1.807, 2.05) is 20.8 Å². The van der Waals surface area contributed by atoms with Crippen molar-refractivity contribution >= 4 is 28.9 Å². The van der Waals surface area contributed by atoms with E-state index in [2.05, 4.69) is 16.0 Å². The number of nitro benzene ring substituents is 1. The Hall–Kier alpha value is -3.63. The van der Waals surface area contributed by atoms with Crippen molar-refractivity contribution in [3.63, 3.8) is 0 Å². The van der Waals surface area contributed by atoms with E-state index in [-0.39, 0.29) is 30.1 Å². The van der Waals surface area contributed by atoms with Crippen LogP contribution in [0.5, 0.6) is 0 Å². The number of rotatable bonds is 7.